The Morgan fingerprint density at radius 1 is 1.29 bits per heavy atom. The van der Waals surface area contributed by atoms with Gasteiger partial charge in [0.05, 0.1) is 6.04 Å². The normalized spacial score (nSPS) is 11.8. The molecule has 1 atom stereocenters. The summed E-state index contributed by atoms with van der Waals surface area (Å²) in [4.78, 5) is 0. The van der Waals surface area contributed by atoms with Crippen LogP contribution in [-0.2, 0) is 0 Å². The molecule has 2 rings (SSSR count). The van der Waals surface area contributed by atoms with Gasteiger partial charge in [0.25, 0.3) is 0 Å². The Hall–Kier alpha value is -2.14. The SMILES string of the molecule is C#Cc1cccc(NC(C)c2ccc(C)o2)c1. The van der Waals surface area contributed by atoms with Crippen LogP contribution in [0.15, 0.2) is 40.8 Å². The predicted octanol–water partition coefficient (Wildman–Crippen LogP) is 3.74. The number of benzene rings is 1. The first-order valence-electron chi connectivity index (χ1n) is 5.58. The Kier molecular flexibility index (Phi) is 3.20. The minimum absolute atomic E-state index is 0.122. The van der Waals surface area contributed by atoms with Gasteiger partial charge in [0.15, 0.2) is 0 Å². The minimum Gasteiger partial charge on any atom is -0.464 e. The minimum atomic E-state index is 0.122. The molecule has 0 aliphatic heterocycles. The van der Waals surface area contributed by atoms with Crippen molar-refractivity contribution in [1.29, 1.82) is 0 Å². The highest BCUT2D eigenvalue weighted by Crippen LogP contribution is 2.21. The number of hydrogen-bond acceptors (Lipinski definition) is 2. The second-order valence-electron chi connectivity index (χ2n) is 4.04. The highest BCUT2D eigenvalue weighted by molar-refractivity contribution is 5.50. The zero-order valence-corrected chi connectivity index (χ0v) is 10.0. The maximum atomic E-state index is 5.57. The second-order valence-corrected chi connectivity index (χ2v) is 4.04. The van der Waals surface area contributed by atoms with Gasteiger partial charge < -0.3 is 9.73 Å². The molecule has 0 aliphatic carbocycles. The molecule has 2 nitrogen and oxygen atoms in total. The topological polar surface area (TPSA) is 25.2 Å². The Bertz CT molecular complexity index is 548. The highest BCUT2D eigenvalue weighted by Gasteiger charge is 2.08. The van der Waals surface area contributed by atoms with Crippen LogP contribution in [0.1, 0.15) is 30.0 Å². The summed E-state index contributed by atoms with van der Waals surface area (Å²) in [5.74, 6) is 4.47. The molecule has 1 heterocycles. The molecule has 2 heteroatoms. The van der Waals surface area contributed by atoms with E-state index >= 15 is 0 Å². The standard InChI is InChI=1S/C15H15NO/c1-4-13-6-5-7-14(10-13)16-12(3)15-9-8-11(2)17-15/h1,5-10,12,16H,2-3H3. The van der Waals surface area contributed by atoms with E-state index in [4.69, 9.17) is 10.8 Å². The van der Waals surface area contributed by atoms with Gasteiger partial charge in [-0.1, -0.05) is 12.0 Å². The zero-order chi connectivity index (χ0) is 12.3. The van der Waals surface area contributed by atoms with E-state index < -0.39 is 0 Å². The molecule has 1 aromatic heterocycles. The number of hydrogen-bond donors (Lipinski definition) is 1. The van der Waals surface area contributed by atoms with Crippen LogP contribution < -0.4 is 5.32 Å². The number of furan rings is 1. The lowest BCUT2D eigenvalue weighted by Gasteiger charge is -2.13. The summed E-state index contributed by atoms with van der Waals surface area (Å²) in [6, 6.07) is 11.9. The van der Waals surface area contributed by atoms with Gasteiger partial charge in [0.2, 0.25) is 0 Å². The van der Waals surface area contributed by atoms with Crippen LogP contribution in [-0.4, -0.2) is 0 Å². The van der Waals surface area contributed by atoms with Crippen LogP contribution in [0.4, 0.5) is 5.69 Å². The van der Waals surface area contributed by atoms with Gasteiger partial charge in [0, 0.05) is 11.3 Å². The van der Waals surface area contributed by atoms with E-state index in [9.17, 15) is 0 Å². The Balaban J connectivity index is 2.13. The third kappa shape index (κ3) is 2.70. The number of anilines is 1. The number of terminal acetylenes is 1. The van der Waals surface area contributed by atoms with Crippen molar-refractivity contribution in [1.82, 2.24) is 0 Å². The van der Waals surface area contributed by atoms with Crippen LogP contribution in [0, 0.1) is 19.3 Å². The molecule has 1 aromatic carbocycles. The molecule has 17 heavy (non-hydrogen) atoms. The summed E-state index contributed by atoms with van der Waals surface area (Å²) in [6.07, 6.45) is 5.37. The first-order valence-corrected chi connectivity index (χ1v) is 5.58. The zero-order valence-electron chi connectivity index (χ0n) is 10.0. The van der Waals surface area contributed by atoms with Crippen LogP contribution in [0.2, 0.25) is 0 Å². The Morgan fingerprint density at radius 3 is 2.76 bits per heavy atom. The number of aryl methyl sites for hydroxylation is 1. The lowest BCUT2D eigenvalue weighted by Crippen LogP contribution is -2.05. The average molecular weight is 225 g/mol. The molecule has 86 valence electrons. The quantitative estimate of drug-likeness (QED) is 0.805. The van der Waals surface area contributed by atoms with Gasteiger partial charge >= 0.3 is 0 Å². The smallest absolute Gasteiger partial charge is 0.126 e. The van der Waals surface area contributed by atoms with Crippen LogP contribution in [0.25, 0.3) is 0 Å². The van der Waals surface area contributed by atoms with Gasteiger partial charge in [-0.15, -0.1) is 6.42 Å². The molecule has 0 radical (unpaired) electrons. The summed E-state index contributed by atoms with van der Waals surface area (Å²) >= 11 is 0. The van der Waals surface area contributed by atoms with Crippen LogP contribution in [0.3, 0.4) is 0 Å². The Labute approximate surface area is 102 Å². The van der Waals surface area contributed by atoms with Gasteiger partial charge in [0.1, 0.15) is 11.5 Å². The summed E-state index contributed by atoms with van der Waals surface area (Å²) < 4.78 is 5.57. The highest BCUT2D eigenvalue weighted by atomic mass is 16.3. The molecule has 0 saturated carbocycles. The maximum Gasteiger partial charge on any atom is 0.126 e. The van der Waals surface area contributed by atoms with Crippen LogP contribution >= 0.6 is 0 Å². The van der Waals surface area contributed by atoms with Gasteiger partial charge in [-0.3, -0.25) is 0 Å². The van der Waals surface area contributed by atoms with Crippen molar-refractivity contribution in [3.05, 3.63) is 53.5 Å². The molecule has 0 spiro atoms. The first kappa shape index (κ1) is 11.3. The van der Waals surface area contributed by atoms with Crippen molar-refractivity contribution >= 4 is 5.69 Å². The largest absolute Gasteiger partial charge is 0.464 e. The summed E-state index contributed by atoms with van der Waals surface area (Å²) in [5.41, 5.74) is 1.87. The fourth-order valence-corrected chi connectivity index (χ4v) is 1.71. The van der Waals surface area contributed by atoms with E-state index in [1.54, 1.807) is 0 Å². The summed E-state index contributed by atoms with van der Waals surface area (Å²) in [7, 11) is 0. The third-order valence-electron chi connectivity index (χ3n) is 2.60. The predicted molar refractivity (Wildman–Crippen MR) is 69.9 cm³/mol. The van der Waals surface area contributed by atoms with Crippen molar-refractivity contribution in [2.24, 2.45) is 0 Å². The fourth-order valence-electron chi connectivity index (χ4n) is 1.71. The first-order chi connectivity index (χ1) is 8.19. The second kappa shape index (κ2) is 4.80. The van der Waals surface area contributed by atoms with E-state index in [-0.39, 0.29) is 6.04 Å². The summed E-state index contributed by atoms with van der Waals surface area (Å²) in [5, 5.41) is 3.36. The lowest BCUT2D eigenvalue weighted by molar-refractivity contribution is 0.467. The van der Waals surface area contributed by atoms with Crippen LogP contribution in [0.5, 0.6) is 0 Å². The molecule has 2 aromatic rings. The van der Waals surface area contributed by atoms with Crippen molar-refractivity contribution in [2.75, 3.05) is 5.32 Å². The lowest BCUT2D eigenvalue weighted by atomic mass is 10.2. The monoisotopic (exact) mass is 225 g/mol. The van der Waals surface area contributed by atoms with Gasteiger partial charge in [-0.2, -0.15) is 0 Å². The van der Waals surface area contributed by atoms with E-state index in [1.807, 2.05) is 43.3 Å². The average Bonchev–Trinajstić information content (AvgIpc) is 2.76. The van der Waals surface area contributed by atoms with E-state index in [2.05, 4.69) is 18.2 Å². The summed E-state index contributed by atoms with van der Waals surface area (Å²) in [6.45, 7) is 4.00. The molecule has 0 bridgehead atoms. The molecule has 1 N–H and O–H groups in total. The molecule has 0 saturated heterocycles. The van der Waals surface area contributed by atoms with Crippen molar-refractivity contribution < 1.29 is 4.42 Å². The Morgan fingerprint density at radius 2 is 2.12 bits per heavy atom. The van der Waals surface area contributed by atoms with Gasteiger partial charge in [-0.25, -0.2) is 0 Å². The third-order valence-corrected chi connectivity index (χ3v) is 2.60. The maximum absolute atomic E-state index is 5.57. The molecule has 1 unspecified atom stereocenters. The van der Waals surface area contributed by atoms with Crippen molar-refractivity contribution in [3.63, 3.8) is 0 Å². The van der Waals surface area contributed by atoms with E-state index in [0.717, 1.165) is 22.8 Å². The molecule has 0 fully saturated rings. The number of rotatable bonds is 3. The fraction of sp³-hybridized carbons (Fsp3) is 0.200. The van der Waals surface area contributed by atoms with Crippen molar-refractivity contribution in [3.8, 4) is 12.3 Å². The van der Waals surface area contributed by atoms with Gasteiger partial charge in [-0.05, 0) is 44.2 Å². The molecule has 0 aliphatic rings. The van der Waals surface area contributed by atoms with E-state index in [0.29, 0.717) is 0 Å². The molecule has 0 amide bonds. The number of nitrogens with one attached hydrogen (secondary N) is 1. The molecular weight excluding hydrogens is 210 g/mol. The van der Waals surface area contributed by atoms with E-state index in [1.165, 1.54) is 0 Å². The van der Waals surface area contributed by atoms with Crippen molar-refractivity contribution in [2.45, 2.75) is 19.9 Å². The molecular formula is C15H15NO.